The number of nitrogens with one attached hydrogen (secondary N) is 1. The van der Waals surface area contributed by atoms with Crippen LogP contribution in [0.15, 0.2) is 66.2 Å². The average molecular weight is 488 g/mol. The molecule has 0 saturated carbocycles. The van der Waals surface area contributed by atoms with Crippen LogP contribution in [-0.4, -0.2) is 25.6 Å². The molecule has 5 nitrogen and oxygen atoms in total. The Hall–Kier alpha value is -3.68. The largest absolute Gasteiger partial charge is 0.245 e. The van der Waals surface area contributed by atoms with E-state index >= 15 is 0 Å². The summed E-state index contributed by atoms with van der Waals surface area (Å²) in [5.74, 6) is 0.160. The van der Waals surface area contributed by atoms with E-state index in [1.54, 1.807) is 23.5 Å². The summed E-state index contributed by atoms with van der Waals surface area (Å²) in [7, 11) is 0. The van der Waals surface area contributed by atoms with E-state index in [0.29, 0.717) is 10.8 Å². The summed E-state index contributed by atoms with van der Waals surface area (Å²) in [6, 6.07) is 19.1. The van der Waals surface area contributed by atoms with Crippen LogP contribution in [0.25, 0.3) is 33.5 Å². The Morgan fingerprint density at radius 3 is 2.59 bits per heavy atom. The fraction of sp³-hybridized carbons (Fsp3) is 0.0769. The molecule has 5 rings (SSSR count). The van der Waals surface area contributed by atoms with Gasteiger partial charge in [-0.1, -0.05) is 61.0 Å². The highest BCUT2D eigenvalue weighted by atomic mass is 35.5. The molecule has 0 aliphatic rings. The van der Waals surface area contributed by atoms with Crippen LogP contribution in [-0.2, 0) is 0 Å². The molecule has 0 saturated heterocycles. The minimum Gasteiger partial charge on any atom is -0.245 e. The van der Waals surface area contributed by atoms with Gasteiger partial charge in [0.15, 0.2) is 5.82 Å². The van der Waals surface area contributed by atoms with E-state index in [2.05, 4.69) is 62.9 Å². The lowest BCUT2D eigenvalue weighted by Gasteiger charge is -2.17. The van der Waals surface area contributed by atoms with E-state index in [0.717, 1.165) is 50.0 Å². The highest BCUT2D eigenvalue weighted by molar-refractivity contribution is 7.16. The quantitative estimate of drug-likeness (QED) is 0.258. The molecule has 2 aromatic heterocycles. The van der Waals surface area contributed by atoms with Crippen molar-refractivity contribution in [2.45, 2.75) is 13.3 Å². The highest BCUT2D eigenvalue weighted by Gasteiger charge is 2.16. The number of H-pyrrole nitrogens is 1. The number of thiazole rings is 1. The van der Waals surface area contributed by atoms with Crippen molar-refractivity contribution in [3.8, 4) is 0 Å². The van der Waals surface area contributed by atoms with E-state index in [1.165, 1.54) is 12.1 Å². The third-order valence-electron chi connectivity index (χ3n) is 5.52. The van der Waals surface area contributed by atoms with Gasteiger partial charge in [-0.15, -0.1) is 21.5 Å². The van der Waals surface area contributed by atoms with E-state index in [9.17, 15) is 4.39 Å². The predicted molar refractivity (Wildman–Crippen MR) is 137 cm³/mol. The van der Waals surface area contributed by atoms with Crippen LogP contribution in [0.1, 0.15) is 41.4 Å². The average Bonchev–Trinajstić information content (AvgIpc) is 3.54. The highest BCUT2D eigenvalue weighted by Crippen LogP contribution is 2.38. The molecule has 0 aliphatic heterocycles. The lowest BCUT2D eigenvalue weighted by Crippen LogP contribution is -1.96. The number of rotatable bonds is 6. The van der Waals surface area contributed by atoms with E-state index in [1.807, 2.05) is 23.7 Å². The second kappa shape index (κ2) is 9.67. The van der Waals surface area contributed by atoms with Crippen molar-refractivity contribution in [3.05, 3.63) is 105 Å². The molecule has 1 N–H and O–H groups in total. The van der Waals surface area contributed by atoms with Gasteiger partial charge >= 0.3 is 0 Å². The summed E-state index contributed by atoms with van der Waals surface area (Å²) < 4.78 is 14.9. The Morgan fingerprint density at radius 1 is 1.03 bits per heavy atom. The van der Waals surface area contributed by atoms with Crippen LogP contribution in [0.5, 0.6) is 0 Å². The van der Waals surface area contributed by atoms with Gasteiger partial charge in [0.2, 0.25) is 0 Å². The number of hydrogen-bond donors (Lipinski definition) is 1. The first kappa shape index (κ1) is 22.1. The van der Waals surface area contributed by atoms with Crippen molar-refractivity contribution in [1.82, 2.24) is 25.6 Å². The lowest BCUT2D eigenvalue weighted by molar-refractivity contribution is 0.628. The molecule has 5 aromatic rings. The Labute approximate surface area is 204 Å². The van der Waals surface area contributed by atoms with Gasteiger partial charge in [0, 0.05) is 0 Å². The number of nitrogens with zero attached hydrogens (tertiary/aromatic N) is 4. The molecule has 8 heteroatoms. The predicted octanol–water partition coefficient (Wildman–Crippen LogP) is 7.14. The number of aromatic nitrogens is 5. The summed E-state index contributed by atoms with van der Waals surface area (Å²) in [5.41, 5.74) is 8.75. The first-order valence-corrected chi connectivity index (χ1v) is 11.9. The van der Waals surface area contributed by atoms with Gasteiger partial charge < -0.3 is 0 Å². The first-order valence-electron chi connectivity index (χ1n) is 10.7. The first-order chi connectivity index (χ1) is 16.6. The zero-order chi connectivity index (χ0) is 23.5. The molecule has 168 valence electrons. The maximum absolute atomic E-state index is 13.8. The summed E-state index contributed by atoms with van der Waals surface area (Å²) in [4.78, 5) is 4.50. The molecule has 0 atom stereocenters. The molecule has 0 unspecified atom stereocenters. The smallest absolute Gasteiger partial charge is 0.197 e. The molecule has 0 bridgehead atoms. The van der Waals surface area contributed by atoms with Crippen molar-refractivity contribution < 1.29 is 4.39 Å². The van der Waals surface area contributed by atoms with Gasteiger partial charge in [-0.25, -0.2) is 9.37 Å². The number of hydrogen-bond acceptors (Lipinski definition) is 5. The Kier molecular flexibility index (Phi) is 6.29. The fourth-order valence-corrected chi connectivity index (χ4v) is 4.88. The van der Waals surface area contributed by atoms with Gasteiger partial charge in [0.05, 0.1) is 20.7 Å². The maximum Gasteiger partial charge on any atom is 0.197 e. The van der Waals surface area contributed by atoms with Crippen molar-refractivity contribution in [2.75, 3.05) is 0 Å². The molecule has 0 fully saturated rings. The molecule has 3 aromatic carbocycles. The zero-order valence-corrected chi connectivity index (χ0v) is 19.7. The SMILES string of the molecule is CCC(=C(c1ccc(C=Cc2nn[nH]n2)cc1)c1ccc2scnc2c1)c1ccc(F)cc1Cl. The Morgan fingerprint density at radius 2 is 1.85 bits per heavy atom. The molecule has 0 radical (unpaired) electrons. The van der Waals surface area contributed by atoms with E-state index in [-0.39, 0.29) is 5.82 Å². The number of benzene rings is 3. The van der Waals surface area contributed by atoms with Crippen LogP contribution in [0.4, 0.5) is 4.39 Å². The molecule has 0 amide bonds. The molecular weight excluding hydrogens is 469 g/mol. The van der Waals surface area contributed by atoms with Crippen molar-refractivity contribution >= 4 is 56.5 Å². The van der Waals surface area contributed by atoms with Crippen LogP contribution in [0.2, 0.25) is 5.02 Å². The number of tetrazole rings is 1. The topological polar surface area (TPSA) is 67.3 Å². The van der Waals surface area contributed by atoms with Crippen molar-refractivity contribution in [1.29, 1.82) is 0 Å². The minimum atomic E-state index is -0.354. The van der Waals surface area contributed by atoms with Crippen molar-refractivity contribution in [2.24, 2.45) is 0 Å². The van der Waals surface area contributed by atoms with Crippen LogP contribution in [0.3, 0.4) is 0 Å². The lowest BCUT2D eigenvalue weighted by atomic mass is 9.87. The van der Waals surface area contributed by atoms with Crippen LogP contribution in [0, 0.1) is 5.82 Å². The maximum atomic E-state index is 13.8. The summed E-state index contributed by atoms with van der Waals surface area (Å²) in [6.07, 6.45) is 4.44. The van der Waals surface area contributed by atoms with Gasteiger partial charge in [0.25, 0.3) is 0 Å². The van der Waals surface area contributed by atoms with Crippen LogP contribution < -0.4 is 0 Å². The molecule has 0 aliphatic carbocycles. The second-order valence-electron chi connectivity index (χ2n) is 7.59. The molecular formula is C26H19ClFN5S. The summed E-state index contributed by atoms with van der Waals surface area (Å²) in [6.45, 7) is 2.08. The zero-order valence-electron chi connectivity index (χ0n) is 18.2. The van der Waals surface area contributed by atoms with Gasteiger partial charge in [-0.05, 0) is 75.4 Å². The fourth-order valence-electron chi connectivity index (χ4n) is 3.94. The third kappa shape index (κ3) is 4.53. The Balaban J connectivity index is 1.65. The molecule has 2 heterocycles. The second-order valence-corrected chi connectivity index (χ2v) is 8.89. The van der Waals surface area contributed by atoms with E-state index in [4.69, 9.17) is 11.6 Å². The normalized spacial score (nSPS) is 12.4. The minimum absolute atomic E-state index is 0.354. The van der Waals surface area contributed by atoms with Gasteiger partial charge in [-0.2, -0.15) is 5.21 Å². The molecule has 0 spiro atoms. The monoisotopic (exact) mass is 487 g/mol. The summed E-state index contributed by atoms with van der Waals surface area (Å²) >= 11 is 8.11. The number of halogens is 2. The standard InChI is InChI=1S/C26H19ClFN5S/c1-2-20(21-10-9-19(28)14-22(21)27)26(18-8-11-24-23(13-18)29-15-34-24)17-6-3-16(4-7-17)5-12-25-30-32-33-31-25/h3-15H,2H2,1H3,(H,30,31,32,33). The van der Waals surface area contributed by atoms with E-state index < -0.39 is 0 Å². The third-order valence-corrected chi connectivity index (χ3v) is 6.64. The van der Waals surface area contributed by atoms with Crippen LogP contribution >= 0.6 is 22.9 Å². The van der Waals surface area contributed by atoms with Gasteiger partial charge in [-0.3, -0.25) is 0 Å². The number of aromatic amines is 1. The summed E-state index contributed by atoms with van der Waals surface area (Å²) in [5, 5.41) is 14.3. The van der Waals surface area contributed by atoms with Crippen molar-refractivity contribution in [3.63, 3.8) is 0 Å². The number of fused-ring (bicyclic) bond motifs is 1. The number of allylic oxidation sites excluding steroid dienone is 1. The Bertz CT molecular complexity index is 1500. The molecule has 34 heavy (non-hydrogen) atoms. The van der Waals surface area contributed by atoms with Gasteiger partial charge in [0.1, 0.15) is 5.82 Å².